The Morgan fingerprint density at radius 1 is 1.22 bits per heavy atom. The molecule has 8 nitrogen and oxygen atoms in total. The molecule has 0 fully saturated rings. The van der Waals surface area contributed by atoms with Crippen LogP contribution in [-0.2, 0) is 11.3 Å². The van der Waals surface area contributed by atoms with Crippen molar-refractivity contribution < 1.29 is 9.53 Å². The predicted octanol–water partition coefficient (Wildman–Crippen LogP) is 2.34. The van der Waals surface area contributed by atoms with Crippen molar-refractivity contribution in [1.29, 1.82) is 0 Å². The zero-order valence-corrected chi connectivity index (χ0v) is 15.0. The van der Waals surface area contributed by atoms with Crippen LogP contribution in [0.15, 0.2) is 53.6 Å². The van der Waals surface area contributed by atoms with Gasteiger partial charge >= 0.3 is 0 Å². The predicted molar refractivity (Wildman–Crippen MR) is 101 cm³/mol. The summed E-state index contributed by atoms with van der Waals surface area (Å²) in [5, 5.41) is 10.8. The van der Waals surface area contributed by atoms with Gasteiger partial charge in [0.25, 0.3) is 5.56 Å². The third-order valence-electron chi connectivity index (χ3n) is 4.15. The van der Waals surface area contributed by atoms with E-state index in [0.717, 1.165) is 5.52 Å². The number of fused-ring (bicyclic) bond motifs is 3. The maximum absolute atomic E-state index is 12.8. The molecule has 9 heteroatoms. The second-order valence-electron chi connectivity index (χ2n) is 5.80. The molecule has 2 aromatic carbocycles. The van der Waals surface area contributed by atoms with Crippen LogP contribution in [0.3, 0.4) is 0 Å². The normalized spacial score (nSPS) is 11.0. The van der Waals surface area contributed by atoms with E-state index in [1.165, 1.54) is 18.0 Å². The Balaban J connectivity index is 1.70. The summed E-state index contributed by atoms with van der Waals surface area (Å²) >= 11 is 6.08. The number of carbonyl (C=O) groups is 1. The molecule has 0 aliphatic carbocycles. The zero-order chi connectivity index (χ0) is 19.0. The third kappa shape index (κ3) is 3.00. The zero-order valence-electron chi connectivity index (χ0n) is 14.2. The molecule has 27 heavy (non-hydrogen) atoms. The van der Waals surface area contributed by atoms with Gasteiger partial charge in [-0.15, -0.1) is 10.2 Å². The fourth-order valence-electron chi connectivity index (χ4n) is 2.93. The van der Waals surface area contributed by atoms with Gasteiger partial charge < -0.3 is 10.1 Å². The Morgan fingerprint density at radius 2 is 2.00 bits per heavy atom. The summed E-state index contributed by atoms with van der Waals surface area (Å²) in [7, 11) is 1.51. The lowest BCUT2D eigenvalue weighted by Gasteiger charge is -2.12. The molecule has 136 valence electrons. The lowest BCUT2D eigenvalue weighted by Crippen LogP contribution is -2.29. The van der Waals surface area contributed by atoms with Crippen molar-refractivity contribution in [3.63, 3.8) is 0 Å². The van der Waals surface area contributed by atoms with Gasteiger partial charge in [-0.2, -0.15) is 0 Å². The van der Waals surface area contributed by atoms with E-state index in [4.69, 9.17) is 16.3 Å². The SMILES string of the molecule is COc1ccc(NC(=O)Cn2c(=O)c3nncn3c3ccccc32)cc1Cl. The number of carbonyl (C=O) groups excluding carboxylic acids is 1. The molecule has 0 saturated carbocycles. The Labute approximate surface area is 158 Å². The first-order chi connectivity index (χ1) is 13.1. The number of amides is 1. The highest BCUT2D eigenvalue weighted by Crippen LogP contribution is 2.27. The van der Waals surface area contributed by atoms with Crippen LogP contribution in [0.1, 0.15) is 0 Å². The molecule has 0 spiro atoms. The van der Waals surface area contributed by atoms with Gasteiger partial charge in [-0.25, -0.2) is 0 Å². The molecule has 0 bridgehead atoms. The second-order valence-corrected chi connectivity index (χ2v) is 6.21. The number of nitrogens with one attached hydrogen (secondary N) is 1. The van der Waals surface area contributed by atoms with Gasteiger partial charge in [0.05, 0.1) is 23.2 Å². The van der Waals surface area contributed by atoms with E-state index in [-0.39, 0.29) is 18.1 Å². The molecule has 0 aliphatic rings. The lowest BCUT2D eigenvalue weighted by molar-refractivity contribution is -0.116. The van der Waals surface area contributed by atoms with Crippen LogP contribution in [-0.4, -0.2) is 32.2 Å². The van der Waals surface area contributed by atoms with Crippen LogP contribution in [0.25, 0.3) is 16.7 Å². The van der Waals surface area contributed by atoms with E-state index < -0.39 is 5.56 Å². The molecule has 2 heterocycles. The third-order valence-corrected chi connectivity index (χ3v) is 4.45. The quantitative estimate of drug-likeness (QED) is 0.584. The number of rotatable bonds is 4. The minimum atomic E-state index is -0.394. The number of anilines is 1. The summed E-state index contributed by atoms with van der Waals surface area (Å²) in [5.74, 6) is 0.140. The van der Waals surface area contributed by atoms with Gasteiger partial charge in [0.1, 0.15) is 18.6 Å². The maximum atomic E-state index is 12.8. The molecule has 0 radical (unpaired) electrons. The minimum Gasteiger partial charge on any atom is -0.495 e. The number of methoxy groups -OCH3 is 1. The first kappa shape index (κ1) is 17.0. The topological polar surface area (TPSA) is 90.5 Å². The maximum Gasteiger partial charge on any atom is 0.297 e. The standard InChI is InChI=1S/C18H14ClN5O3/c1-27-15-7-6-11(8-12(15)19)21-16(25)9-23-13-4-2-3-5-14(13)24-10-20-22-17(24)18(23)26/h2-8,10H,9H2,1H3,(H,21,25). The second kappa shape index (κ2) is 6.73. The number of hydrogen-bond donors (Lipinski definition) is 1. The van der Waals surface area contributed by atoms with E-state index in [2.05, 4.69) is 15.5 Å². The summed E-state index contributed by atoms with van der Waals surface area (Å²) in [6.07, 6.45) is 1.48. The smallest absolute Gasteiger partial charge is 0.297 e. The Hall–Kier alpha value is -3.39. The number of halogens is 1. The van der Waals surface area contributed by atoms with Crippen molar-refractivity contribution in [2.45, 2.75) is 6.54 Å². The first-order valence-electron chi connectivity index (χ1n) is 8.03. The number of benzene rings is 2. The van der Waals surface area contributed by atoms with Crippen LogP contribution in [0, 0.1) is 0 Å². The molecule has 4 aromatic rings. The minimum absolute atomic E-state index is 0.161. The van der Waals surface area contributed by atoms with Crippen LogP contribution >= 0.6 is 11.6 Å². The Morgan fingerprint density at radius 3 is 2.74 bits per heavy atom. The van der Waals surface area contributed by atoms with Gasteiger partial charge in [0, 0.05) is 5.69 Å². The van der Waals surface area contributed by atoms with Gasteiger partial charge in [-0.3, -0.25) is 18.6 Å². The van der Waals surface area contributed by atoms with Crippen molar-refractivity contribution in [2.75, 3.05) is 12.4 Å². The number of ether oxygens (including phenoxy) is 1. The van der Waals surface area contributed by atoms with Gasteiger partial charge in [0.2, 0.25) is 11.6 Å². The summed E-state index contributed by atoms with van der Waals surface area (Å²) < 4.78 is 8.07. The van der Waals surface area contributed by atoms with E-state index in [0.29, 0.717) is 22.0 Å². The Kier molecular flexibility index (Phi) is 4.25. The van der Waals surface area contributed by atoms with Crippen LogP contribution < -0.4 is 15.6 Å². The van der Waals surface area contributed by atoms with Crippen molar-refractivity contribution in [1.82, 2.24) is 19.2 Å². The monoisotopic (exact) mass is 383 g/mol. The van der Waals surface area contributed by atoms with Crippen LogP contribution in [0.5, 0.6) is 5.75 Å². The molecule has 1 amide bonds. The van der Waals surface area contributed by atoms with E-state index >= 15 is 0 Å². The van der Waals surface area contributed by atoms with Crippen molar-refractivity contribution in [3.05, 3.63) is 64.2 Å². The molecular formula is C18H14ClN5O3. The highest BCUT2D eigenvalue weighted by molar-refractivity contribution is 6.32. The first-order valence-corrected chi connectivity index (χ1v) is 8.41. The van der Waals surface area contributed by atoms with E-state index in [1.54, 1.807) is 34.7 Å². The lowest BCUT2D eigenvalue weighted by atomic mass is 10.2. The molecule has 1 N–H and O–H groups in total. The van der Waals surface area contributed by atoms with E-state index in [1.807, 2.05) is 12.1 Å². The number of aromatic nitrogens is 4. The highest BCUT2D eigenvalue weighted by Gasteiger charge is 2.15. The molecule has 2 aromatic heterocycles. The van der Waals surface area contributed by atoms with Gasteiger partial charge in [0.15, 0.2) is 0 Å². The number of para-hydroxylation sites is 2. The van der Waals surface area contributed by atoms with Crippen molar-refractivity contribution in [2.24, 2.45) is 0 Å². The molecule has 0 atom stereocenters. The van der Waals surface area contributed by atoms with Gasteiger partial charge in [-0.05, 0) is 30.3 Å². The summed E-state index contributed by atoms with van der Waals surface area (Å²) in [6, 6.07) is 12.2. The summed E-state index contributed by atoms with van der Waals surface area (Å²) in [5.41, 5.74) is 1.62. The fraction of sp³-hybridized carbons (Fsp3) is 0.111. The molecule has 0 aliphatic heterocycles. The molecular weight excluding hydrogens is 370 g/mol. The van der Waals surface area contributed by atoms with E-state index in [9.17, 15) is 9.59 Å². The van der Waals surface area contributed by atoms with Crippen molar-refractivity contribution >= 4 is 39.9 Å². The number of nitrogens with zero attached hydrogens (tertiary/aromatic N) is 4. The highest BCUT2D eigenvalue weighted by atomic mass is 35.5. The Bertz CT molecular complexity index is 1230. The van der Waals surface area contributed by atoms with Crippen LogP contribution in [0.4, 0.5) is 5.69 Å². The molecule has 0 unspecified atom stereocenters. The number of hydrogen-bond acceptors (Lipinski definition) is 5. The average Bonchev–Trinajstić information content (AvgIpc) is 3.15. The molecule has 0 saturated heterocycles. The summed E-state index contributed by atoms with van der Waals surface area (Å²) in [6.45, 7) is -0.174. The van der Waals surface area contributed by atoms with Crippen molar-refractivity contribution in [3.8, 4) is 5.75 Å². The largest absolute Gasteiger partial charge is 0.495 e. The average molecular weight is 384 g/mol. The van der Waals surface area contributed by atoms with Crippen LogP contribution in [0.2, 0.25) is 5.02 Å². The summed E-state index contributed by atoms with van der Waals surface area (Å²) in [4.78, 5) is 25.3. The molecule has 4 rings (SSSR count). The van der Waals surface area contributed by atoms with Gasteiger partial charge in [-0.1, -0.05) is 23.7 Å². The fourth-order valence-corrected chi connectivity index (χ4v) is 3.19.